The normalized spacial score (nSPS) is 17.4. The molecule has 3 aromatic heterocycles. The minimum atomic E-state index is -0.0503. The van der Waals surface area contributed by atoms with Gasteiger partial charge in [0.2, 0.25) is 0 Å². The van der Waals surface area contributed by atoms with Gasteiger partial charge in [-0.2, -0.15) is 0 Å². The third kappa shape index (κ3) is 2.50. The summed E-state index contributed by atoms with van der Waals surface area (Å²) in [5.74, 6) is 1.27. The Kier molecular flexibility index (Phi) is 3.65. The molecule has 1 unspecified atom stereocenters. The van der Waals surface area contributed by atoms with Crippen LogP contribution in [0.5, 0.6) is 0 Å². The van der Waals surface area contributed by atoms with Crippen LogP contribution in [0.3, 0.4) is 0 Å². The van der Waals surface area contributed by atoms with E-state index in [0.29, 0.717) is 12.3 Å². The first kappa shape index (κ1) is 14.7. The molecule has 0 bridgehead atoms. The molecule has 4 rings (SSSR count). The van der Waals surface area contributed by atoms with Crippen molar-refractivity contribution in [1.82, 2.24) is 19.4 Å². The Hall–Kier alpha value is -2.89. The highest BCUT2D eigenvalue weighted by molar-refractivity contribution is 5.91. The molecule has 0 N–H and O–H groups in total. The second-order valence-corrected chi connectivity index (χ2v) is 6.00. The molecule has 0 spiro atoms. The van der Waals surface area contributed by atoms with E-state index in [2.05, 4.69) is 21.5 Å². The Morgan fingerprint density at radius 2 is 2.12 bits per heavy atom. The number of carbonyl (C=O) groups excluding carboxylic acids is 1. The zero-order valence-corrected chi connectivity index (χ0v) is 13.4. The maximum atomic E-state index is 12.5. The van der Waals surface area contributed by atoms with Gasteiger partial charge in [-0.25, -0.2) is 4.98 Å². The van der Waals surface area contributed by atoms with Crippen LogP contribution in [-0.4, -0.2) is 38.4 Å². The van der Waals surface area contributed by atoms with Crippen LogP contribution < -0.4 is 0 Å². The van der Waals surface area contributed by atoms with Gasteiger partial charge in [0.05, 0.1) is 12.3 Å². The molecule has 6 heteroatoms. The number of hydrogen-bond acceptors (Lipinski definition) is 4. The fourth-order valence-electron chi connectivity index (χ4n) is 3.31. The van der Waals surface area contributed by atoms with E-state index in [-0.39, 0.29) is 11.9 Å². The molecule has 1 amide bonds. The zero-order valence-electron chi connectivity index (χ0n) is 13.4. The summed E-state index contributed by atoms with van der Waals surface area (Å²) < 4.78 is 7.46. The van der Waals surface area contributed by atoms with Gasteiger partial charge in [-0.3, -0.25) is 9.78 Å². The number of aromatic nitrogens is 3. The number of likely N-dealkylation sites (tertiary alicyclic amines) is 1. The summed E-state index contributed by atoms with van der Waals surface area (Å²) in [5.41, 5.74) is 2.13. The Bertz CT molecular complexity index is 839. The topological polar surface area (TPSA) is 64.2 Å². The number of carbonyl (C=O) groups is 1. The summed E-state index contributed by atoms with van der Waals surface area (Å²) in [6.45, 7) is 3.43. The molecule has 4 heterocycles. The Morgan fingerprint density at radius 3 is 2.88 bits per heavy atom. The molecule has 0 aromatic carbocycles. The van der Waals surface area contributed by atoms with Gasteiger partial charge in [0.25, 0.3) is 5.91 Å². The summed E-state index contributed by atoms with van der Waals surface area (Å²) >= 11 is 0. The van der Waals surface area contributed by atoms with Crippen molar-refractivity contribution in [3.05, 3.63) is 60.6 Å². The van der Waals surface area contributed by atoms with Crippen LogP contribution in [0.4, 0.5) is 0 Å². The highest BCUT2D eigenvalue weighted by Gasteiger charge is 2.31. The molecule has 1 fully saturated rings. The largest absolute Gasteiger partial charge is 0.459 e. The number of imidazole rings is 1. The summed E-state index contributed by atoms with van der Waals surface area (Å²) in [7, 11) is 0. The number of aryl methyl sites for hydroxylation is 1. The molecule has 0 radical (unpaired) electrons. The molecular formula is C18H18N4O2. The third-order valence-electron chi connectivity index (χ3n) is 4.47. The SMILES string of the molecule is Cc1cnc(-c2ccncc2)n1C1CCN(C(=O)c2ccco2)C1. The minimum Gasteiger partial charge on any atom is -0.459 e. The van der Waals surface area contributed by atoms with E-state index < -0.39 is 0 Å². The van der Waals surface area contributed by atoms with Gasteiger partial charge in [0, 0.05) is 42.9 Å². The van der Waals surface area contributed by atoms with Gasteiger partial charge in [-0.1, -0.05) is 0 Å². The predicted molar refractivity (Wildman–Crippen MR) is 88.5 cm³/mol. The van der Waals surface area contributed by atoms with Crippen LogP contribution in [0.2, 0.25) is 0 Å². The predicted octanol–water partition coefficient (Wildman–Crippen LogP) is 2.93. The third-order valence-corrected chi connectivity index (χ3v) is 4.47. The highest BCUT2D eigenvalue weighted by Crippen LogP contribution is 2.30. The number of rotatable bonds is 3. The first-order valence-electron chi connectivity index (χ1n) is 8.01. The second kappa shape index (κ2) is 5.96. The summed E-state index contributed by atoms with van der Waals surface area (Å²) in [4.78, 5) is 22.9. The van der Waals surface area contributed by atoms with Gasteiger partial charge in [-0.05, 0) is 37.6 Å². The molecule has 1 saturated heterocycles. The Morgan fingerprint density at radius 1 is 1.29 bits per heavy atom. The first-order chi connectivity index (χ1) is 11.7. The number of pyridine rings is 1. The number of amides is 1. The second-order valence-electron chi connectivity index (χ2n) is 6.00. The summed E-state index contributed by atoms with van der Waals surface area (Å²) in [6.07, 6.45) is 7.85. The van der Waals surface area contributed by atoms with E-state index in [9.17, 15) is 4.79 Å². The summed E-state index contributed by atoms with van der Waals surface area (Å²) in [5, 5.41) is 0. The number of hydrogen-bond donors (Lipinski definition) is 0. The maximum absolute atomic E-state index is 12.5. The monoisotopic (exact) mass is 322 g/mol. The molecule has 0 aliphatic carbocycles. The molecule has 6 nitrogen and oxygen atoms in total. The standard InChI is InChI=1S/C18H18N4O2/c1-13-11-20-17(14-4-7-19-8-5-14)22(13)15-6-9-21(12-15)18(23)16-3-2-10-24-16/h2-5,7-8,10-11,15H,6,9,12H2,1H3. The van der Waals surface area contributed by atoms with Crippen molar-refractivity contribution in [3.8, 4) is 11.4 Å². The summed E-state index contributed by atoms with van der Waals surface area (Å²) in [6, 6.07) is 7.58. The van der Waals surface area contributed by atoms with Crippen LogP contribution in [0.15, 0.2) is 53.5 Å². The van der Waals surface area contributed by atoms with Gasteiger partial charge < -0.3 is 13.9 Å². The van der Waals surface area contributed by atoms with E-state index in [1.54, 1.807) is 24.5 Å². The number of furan rings is 1. The average Bonchev–Trinajstić information content (AvgIpc) is 3.35. The lowest BCUT2D eigenvalue weighted by Gasteiger charge is -2.19. The lowest BCUT2D eigenvalue weighted by molar-refractivity contribution is 0.0756. The van der Waals surface area contributed by atoms with Crippen molar-refractivity contribution in [2.45, 2.75) is 19.4 Å². The Labute approximate surface area is 139 Å². The van der Waals surface area contributed by atoms with Gasteiger partial charge in [-0.15, -0.1) is 0 Å². The fourth-order valence-corrected chi connectivity index (χ4v) is 3.31. The van der Waals surface area contributed by atoms with Crippen LogP contribution in [0.25, 0.3) is 11.4 Å². The van der Waals surface area contributed by atoms with Crippen molar-refractivity contribution in [2.24, 2.45) is 0 Å². The van der Waals surface area contributed by atoms with Crippen molar-refractivity contribution >= 4 is 5.91 Å². The first-order valence-corrected chi connectivity index (χ1v) is 8.01. The van der Waals surface area contributed by atoms with Gasteiger partial charge >= 0.3 is 0 Å². The lowest BCUT2D eigenvalue weighted by atomic mass is 10.2. The van der Waals surface area contributed by atoms with E-state index in [4.69, 9.17) is 4.42 Å². The maximum Gasteiger partial charge on any atom is 0.289 e. The molecule has 3 aromatic rings. The number of nitrogens with zero attached hydrogens (tertiary/aromatic N) is 4. The highest BCUT2D eigenvalue weighted by atomic mass is 16.3. The van der Waals surface area contributed by atoms with Crippen molar-refractivity contribution in [3.63, 3.8) is 0 Å². The van der Waals surface area contributed by atoms with E-state index in [1.807, 2.05) is 23.2 Å². The average molecular weight is 322 g/mol. The molecule has 0 saturated carbocycles. The Balaban J connectivity index is 1.60. The molecule has 24 heavy (non-hydrogen) atoms. The molecule has 1 aliphatic rings. The van der Waals surface area contributed by atoms with Crippen LogP contribution >= 0.6 is 0 Å². The van der Waals surface area contributed by atoms with Crippen LogP contribution in [-0.2, 0) is 0 Å². The quantitative estimate of drug-likeness (QED) is 0.744. The minimum absolute atomic E-state index is 0.0503. The molecular weight excluding hydrogens is 304 g/mol. The van der Waals surface area contributed by atoms with E-state index in [0.717, 1.165) is 30.0 Å². The fraction of sp³-hybridized carbons (Fsp3) is 0.278. The zero-order chi connectivity index (χ0) is 16.5. The molecule has 122 valence electrons. The molecule has 1 aliphatic heterocycles. The van der Waals surface area contributed by atoms with Crippen molar-refractivity contribution in [2.75, 3.05) is 13.1 Å². The smallest absolute Gasteiger partial charge is 0.289 e. The van der Waals surface area contributed by atoms with Crippen LogP contribution in [0, 0.1) is 6.92 Å². The van der Waals surface area contributed by atoms with Gasteiger partial charge in [0.15, 0.2) is 5.76 Å². The van der Waals surface area contributed by atoms with Crippen molar-refractivity contribution in [1.29, 1.82) is 0 Å². The van der Waals surface area contributed by atoms with Crippen LogP contribution in [0.1, 0.15) is 28.7 Å². The van der Waals surface area contributed by atoms with E-state index in [1.165, 1.54) is 6.26 Å². The lowest BCUT2D eigenvalue weighted by Crippen LogP contribution is -2.29. The molecule has 1 atom stereocenters. The van der Waals surface area contributed by atoms with Crippen molar-refractivity contribution < 1.29 is 9.21 Å². The van der Waals surface area contributed by atoms with E-state index >= 15 is 0 Å². The van der Waals surface area contributed by atoms with Gasteiger partial charge in [0.1, 0.15) is 5.82 Å².